The Labute approximate surface area is 80.3 Å². The Morgan fingerprint density at radius 3 is 2.92 bits per heavy atom. The van der Waals surface area contributed by atoms with Crippen molar-refractivity contribution in [2.45, 2.75) is 25.8 Å². The van der Waals surface area contributed by atoms with E-state index in [1.807, 2.05) is 6.08 Å². The van der Waals surface area contributed by atoms with Crippen molar-refractivity contribution in [1.82, 2.24) is 0 Å². The van der Waals surface area contributed by atoms with Crippen LogP contribution in [0.15, 0.2) is 36.9 Å². The molecule has 13 heavy (non-hydrogen) atoms. The second-order valence-corrected chi connectivity index (χ2v) is 3.39. The monoisotopic (exact) mass is 175 g/mol. The van der Waals surface area contributed by atoms with E-state index in [-0.39, 0.29) is 6.04 Å². The zero-order valence-corrected chi connectivity index (χ0v) is 8.16. The van der Waals surface area contributed by atoms with E-state index in [1.165, 1.54) is 11.1 Å². The van der Waals surface area contributed by atoms with Crippen LogP contribution in [0.3, 0.4) is 0 Å². The minimum atomic E-state index is 0.151. The fraction of sp³-hybridized carbons (Fsp3) is 0.333. The summed E-state index contributed by atoms with van der Waals surface area (Å²) in [5.74, 6) is 0. The third-order valence-electron chi connectivity index (χ3n) is 2.15. The van der Waals surface area contributed by atoms with Crippen LogP contribution in [0.5, 0.6) is 0 Å². The molecule has 2 N–H and O–H groups in total. The third-order valence-corrected chi connectivity index (χ3v) is 2.15. The predicted molar refractivity (Wildman–Crippen MR) is 57.5 cm³/mol. The van der Waals surface area contributed by atoms with Crippen molar-refractivity contribution >= 4 is 0 Å². The van der Waals surface area contributed by atoms with Gasteiger partial charge in [0.1, 0.15) is 0 Å². The first-order chi connectivity index (χ1) is 6.24. The van der Waals surface area contributed by atoms with Gasteiger partial charge in [-0.05, 0) is 25.3 Å². The smallest absolute Gasteiger partial charge is 0.0297 e. The van der Waals surface area contributed by atoms with E-state index in [2.05, 4.69) is 37.8 Å². The molecular weight excluding hydrogens is 158 g/mol. The molecule has 0 amide bonds. The average molecular weight is 175 g/mol. The van der Waals surface area contributed by atoms with Crippen LogP contribution in [0.1, 0.15) is 30.0 Å². The van der Waals surface area contributed by atoms with E-state index in [1.54, 1.807) is 0 Å². The van der Waals surface area contributed by atoms with Gasteiger partial charge in [-0.1, -0.05) is 35.9 Å². The molecule has 0 aliphatic carbocycles. The van der Waals surface area contributed by atoms with E-state index in [0.717, 1.165) is 12.8 Å². The molecule has 0 spiro atoms. The van der Waals surface area contributed by atoms with E-state index < -0.39 is 0 Å². The van der Waals surface area contributed by atoms with Crippen LogP contribution in [-0.2, 0) is 0 Å². The van der Waals surface area contributed by atoms with Crippen molar-refractivity contribution in [1.29, 1.82) is 0 Å². The topological polar surface area (TPSA) is 26.0 Å². The number of hydrogen-bond acceptors (Lipinski definition) is 1. The summed E-state index contributed by atoms with van der Waals surface area (Å²) in [7, 11) is 0. The van der Waals surface area contributed by atoms with Gasteiger partial charge in [0.05, 0.1) is 0 Å². The normalized spacial score (nSPS) is 12.5. The summed E-state index contributed by atoms with van der Waals surface area (Å²) < 4.78 is 0. The maximum Gasteiger partial charge on any atom is 0.0297 e. The highest BCUT2D eigenvalue weighted by Crippen LogP contribution is 2.16. The highest BCUT2D eigenvalue weighted by Gasteiger charge is 2.03. The zero-order valence-electron chi connectivity index (χ0n) is 8.16. The molecule has 0 saturated carbocycles. The summed E-state index contributed by atoms with van der Waals surface area (Å²) in [6.45, 7) is 5.78. The Balaban J connectivity index is 2.65. The quantitative estimate of drug-likeness (QED) is 0.699. The molecule has 1 nitrogen and oxygen atoms in total. The SMILES string of the molecule is C=CCC[C@@H](N)c1cccc(C)c1. The molecule has 1 aromatic carbocycles. The Morgan fingerprint density at radius 2 is 2.31 bits per heavy atom. The molecule has 0 heterocycles. The van der Waals surface area contributed by atoms with Gasteiger partial charge >= 0.3 is 0 Å². The Morgan fingerprint density at radius 1 is 1.54 bits per heavy atom. The molecule has 0 saturated heterocycles. The van der Waals surface area contributed by atoms with Crippen LogP contribution in [0.25, 0.3) is 0 Å². The number of allylic oxidation sites excluding steroid dienone is 1. The lowest BCUT2D eigenvalue weighted by atomic mass is 10.0. The number of aryl methyl sites for hydroxylation is 1. The molecule has 0 fully saturated rings. The van der Waals surface area contributed by atoms with Crippen molar-refractivity contribution in [3.63, 3.8) is 0 Å². The van der Waals surface area contributed by atoms with Crippen molar-refractivity contribution < 1.29 is 0 Å². The number of hydrogen-bond donors (Lipinski definition) is 1. The first-order valence-corrected chi connectivity index (χ1v) is 4.67. The van der Waals surface area contributed by atoms with Crippen LogP contribution >= 0.6 is 0 Å². The van der Waals surface area contributed by atoms with Gasteiger partial charge in [-0.2, -0.15) is 0 Å². The largest absolute Gasteiger partial charge is 0.324 e. The molecule has 1 atom stereocenters. The van der Waals surface area contributed by atoms with E-state index in [0.29, 0.717) is 0 Å². The lowest BCUT2D eigenvalue weighted by Crippen LogP contribution is -2.09. The van der Waals surface area contributed by atoms with E-state index in [9.17, 15) is 0 Å². The highest BCUT2D eigenvalue weighted by atomic mass is 14.6. The van der Waals surface area contributed by atoms with Crippen LogP contribution in [0.4, 0.5) is 0 Å². The molecule has 1 heteroatoms. The Bertz CT molecular complexity index is 278. The summed E-state index contributed by atoms with van der Waals surface area (Å²) in [6.07, 6.45) is 3.87. The maximum atomic E-state index is 6.00. The van der Waals surface area contributed by atoms with Crippen molar-refractivity contribution in [2.75, 3.05) is 0 Å². The third kappa shape index (κ3) is 3.03. The van der Waals surface area contributed by atoms with Gasteiger partial charge in [0.25, 0.3) is 0 Å². The molecule has 0 radical (unpaired) electrons. The number of nitrogens with two attached hydrogens (primary N) is 1. The molecule has 70 valence electrons. The predicted octanol–water partition coefficient (Wildman–Crippen LogP) is 2.96. The van der Waals surface area contributed by atoms with Gasteiger partial charge < -0.3 is 5.73 Å². The van der Waals surface area contributed by atoms with Gasteiger partial charge in [-0.15, -0.1) is 6.58 Å². The maximum absolute atomic E-state index is 6.00. The molecule has 0 aromatic heterocycles. The van der Waals surface area contributed by atoms with Crippen LogP contribution < -0.4 is 5.73 Å². The van der Waals surface area contributed by atoms with Gasteiger partial charge in [-0.3, -0.25) is 0 Å². The van der Waals surface area contributed by atoms with Crippen LogP contribution in [0, 0.1) is 6.92 Å². The summed E-state index contributed by atoms with van der Waals surface area (Å²) >= 11 is 0. The average Bonchev–Trinajstić information content (AvgIpc) is 2.14. The molecule has 0 aliphatic rings. The lowest BCUT2D eigenvalue weighted by molar-refractivity contribution is 0.661. The molecule has 1 aromatic rings. The molecule has 1 rings (SSSR count). The summed E-state index contributed by atoms with van der Waals surface area (Å²) in [5, 5.41) is 0. The molecular formula is C12H17N. The highest BCUT2D eigenvalue weighted by molar-refractivity contribution is 5.24. The first-order valence-electron chi connectivity index (χ1n) is 4.67. The van der Waals surface area contributed by atoms with Crippen LogP contribution in [0.2, 0.25) is 0 Å². The number of rotatable bonds is 4. The van der Waals surface area contributed by atoms with Gasteiger partial charge in [-0.25, -0.2) is 0 Å². The van der Waals surface area contributed by atoms with Gasteiger partial charge in [0, 0.05) is 6.04 Å². The lowest BCUT2D eigenvalue weighted by Gasteiger charge is -2.10. The van der Waals surface area contributed by atoms with Crippen molar-refractivity contribution in [3.05, 3.63) is 48.0 Å². The molecule has 0 aliphatic heterocycles. The molecule has 0 unspecified atom stereocenters. The van der Waals surface area contributed by atoms with E-state index >= 15 is 0 Å². The van der Waals surface area contributed by atoms with E-state index in [4.69, 9.17) is 5.73 Å². The minimum Gasteiger partial charge on any atom is -0.324 e. The zero-order chi connectivity index (χ0) is 9.68. The second-order valence-electron chi connectivity index (χ2n) is 3.39. The second kappa shape index (κ2) is 4.83. The Hall–Kier alpha value is -1.08. The standard InChI is InChI=1S/C12H17N/c1-3-4-8-12(13)11-7-5-6-10(2)9-11/h3,5-7,9,12H,1,4,8,13H2,2H3/t12-/m1/s1. The summed E-state index contributed by atoms with van der Waals surface area (Å²) in [4.78, 5) is 0. The minimum absolute atomic E-state index is 0.151. The first kappa shape index (κ1) is 10.0. The van der Waals surface area contributed by atoms with Crippen LogP contribution in [-0.4, -0.2) is 0 Å². The summed E-state index contributed by atoms with van der Waals surface area (Å²) in [6, 6.07) is 8.52. The van der Waals surface area contributed by atoms with Gasteiger partial charge in [0.2, 0.25) is 0 Å². The van der Waals surface area contributed by atoms with Gasteiger partial charge in [0.15, 0.2) is 0 Å². The number of benzene rings is 1. The molecule has 0 bridgehead atoms. The Kier molecular flexibility index (Phi) is 3.71. The fourth-order valence-corrected chi connectivity index (χ4v) is 1.36. The van der Waals surface area contributed by atoms with Crippen molar-refractivity contribution in [2.24, 2.45) is 5.73 Å². The summed E-state index contributed by atoms with van der Waals surface area (Å²) in [5.41, 5.74) is 8.50. The fourth-order valence-electron chi connectivity index (χ4n) is 1.36. The van der Waals surface area contributed by atoms with Crippen molar-refractivity contribution in [3.8, 4) is 0 Å².